The Bertz CT molecular complexity index is 1350. The van der Waals surface area contributed by atoms with E-state index >= 15 is 0 Å². The molecule has 7 rings (SSSR count). The number of nitrogens with zero attached hydrogens (tertiary/aromatic N) is 3. The number of hydrogen-bond acceptors (Lipinski definition) is 5. The fourth-order valence-corrected chi connectivity index (χ4v) is 5.37. The lowest BCUT2D eigenvalue weighted by Crippen LogP contribution is -2.45. The SMILES string of the molecule is C[C@@H](CF)Oc1cc2nc(C34COC(C)(C3)C4)cn2cc1C(=O)Nc1cccn(C2CC2)c1=O. The standard InChI is InChI=1S/C25H27FN4O4/c1-15(9-26)34-19-8-21-28-20(25-12-24(2,13-25)33-14-25)11-29(21)10-17(19)22(31)27-18-4-3-7-30(23(18)32)16-5-6-16/h3-4,7-8,10-11,15-16H,5-6,9,12-14H2,1-2H3,(H,27,31)/t15-,24?,25?/m0/s1. The van der Waals surface area contributed by atoms with E-state index in [9.17, 15) is 14.0 Å². The smallest absolute Gasteiger partial charge is 0.274 e. The number of nitrogens with one attached hydrogen (secondary N) is 1. The largest absolute Gasteiger partial charge is 0.487 e. The third kappa shape index (κ3) is 3.41. The fraction of sp³-hybridized carbons (Fsp3) is 0.480. The molecule has 3 aromatic rings. The first-order chi connectivity index (χ1) is 16.3. The van der Waals surface area contributed by atoms with Crippen molar-refractivity contribution in [2.75, 3.05) is 18.6 Å². The monoisotopic (exact) mass is 466 g/mol. The van der Waals surface area contributed by atoms with E-state index in [4.69, 9.17) is 14.5 Å². The van der Waals surface area contributed by atoms with Crippen LogP contribution in [0.1, 0.15) is 61.6 Å². The van der Waals surface area contributed by atoms with Gasteiger partial charge in [0.2, 0.25) is 0 Å². The Balaban J connectivity index is 1.36. The molecule has 0 aromatic carbocycles. The summed E-state index contributed by atoms with van der Waals surface area (Å²) in [5.74, 6) is -0.271. The van der Waals surface area contributed by atoms with Gasteiger partial charge >= 0.3 is 0 Å². The van der Waals surface area contributed by atoms with Crippen LogP contribution in [0.3, 0.4) is 0 Å². The average molecular weight is 467 g/mol. The van der Waals surface area contributed by atoms with Gasteiger partial charge in [-0.05, 0) is 51.7 Å². The number of hydrogen-bond donors (Lipinski definition) is 1. The molecule has 0 radical (unpaired) electrons. The van der Waals surface area contributed by atoms with Gasteiger partial charge in [-0.3, -0.25) is 9.59 Å². The molecule has 8 nitrogen and oxygen atoms in total. The van der Waals surface area contributed by atoms with E-state index in [-0.39, 0.29) is 39.6 Å². The summed E-state index contributed by atoms with van der Waals surface area (Å²) in [5.41, 5.74) is 1.52. The van der Waals surface area contributed by atoms with Gasteiger partial charge in [0, 0.05) is 36.1 Å². The van der Waals surface area contributed by atoms with Gasteiger partial charge in [0.05, 0.1) is 23.5 Å². The summed E-state index contributed by atoms with van der Waals surface area (Å²) in [4.78, 5) is 30.9. The molecule has 4 fully saturated rings. The van der Waals surface area contributed by atoms with E-state index in [0.717, 1.165) is 31.4 Å². The van der Waals surface area contributed by atoms with Gasteiger partial charge in [-0.25, -0.2) is 9.37 Å². The lowest BCUT2D eigenvalue weighted by Gasteiger charge is -2.41. The Hall–Kier alpha value is -3.20. The summed E-state index contributed by atoms with van der Waals surface area (Å²) in [5, 5.41) is 2.73. The van der Waals surface area contributed by atoms with Crippen LogP contribution in [0.5, 0.6) is 5.75 Å². The molecule has 9 heteroatoms. The van der Waals surface area contributed by atoms with Crippen LogP contribution in [-0.4, -0.2) is 44.8 Å². The molecule has 2 saturated carbocycles. The summed E-state index contributed by atoms with van der Waals surface area (Å²) >= 11 is 0. The lowest BCUT2D eigenvalue weighted by molar-refractivity contribution is 0.0154. The van der Waals surface area contributed by atoms with Crippen molar-refractivity contribution in [3.05, 3.63) is 58.4 Å². The van der Waals surface area contributed by atoms with E-state index in [1.807, 2.05) is 6.20 Å². The van der Waals surface area contributed by atoms with Gasteiger partial charge in [-0.2, -0.15) is 0 Å². The molecule has 5 heterocycles. The molecule has 0 unspecified atom stereocenters. The van der Waals surface area contributed by atoms with Crippen LogP contribution in [0.25, 0.3) is 5.65 Å². The second-order valence-electron chi connectivity index (χ2n) is 10.2. The van der Waals surface area contributed by atoms with E-state index < -0.39 is 18.7 Å². The zero-order valence-electron chi connectivity index (χ0n) is 19.2. The Labute approximate surface area is 195 Å². The van der Waals surface area contributed by atoms with Crippen LogP contribution < -0.4 is 15.6 Å². The topological polar surface area (TPSA) is 86.9 Å². The van der Waals surface area contributed by atoms with Crippen molar-refractivity contribution in [2.45, 2.75) is 62.7 Å². The van der Waals surface area contributed by atoms with Gasteiger partial charge in [0.15, 0.2) is 0 Å². The van der Waals surface area contributed by atoms with Crippen molar-refractivity contribution in [3.63, 3.8) is 0 Å². The molecule has 2 aliphatic carbocycles. The maximum Gasteiger partial charge on any atom is 0.274 e. The molecule has 1 atom stereocenters. The number of aromatic nitrogens is 3. The van der Waals surface area contributed by atoms with Gasteiger partial charge in [-0.15, -0.1) is 0 Å². The number of anilines is 1. The van der Waals surface area contributed by atoms with E-state index in [1.54, 1.807) is 46.5 Å². The average Bonchev–Trinajstić information content (AvgIpc) is 3.33. The third-order valence-corrected chi connectivity index (χ3v) is 7.17. The first kappa shape index (κ1) is 21.3. The van der Waals surface area contributed by atoms with Crippen molar-refractivity contribution in [1.82, 2.24) is 14.0 Å². The molecule has 34 heavy (non-hydrogen) atoms. The molecule has 178 valence electrons. The number of alkyl halides is 1. The molecule has 2 saturated heterocycles. The summed E-state index contributed by atoms with van der Waals surface area (Å²) in [6.07, 6.45) is 8.31. The molecular formula is C25H27FN4O4. The van der Waals surface area contributed by atoms with Crippen molar-refractivity contribution in [3.8, 4) is 5.75 Å². The summed E-state index contributed by atoms with van der Waals surface area (Å²) < 4.78 is 28.3. The number of amides is 1. The number of ether oxygens (including phenoxy) is 2. The maximum atomic E-state index is 13.3. The molecule has 1 N–H and O–H groups in total. The first-order valence-corrected chi connectivity index (χ1v) is 11.7. The molecule has 2 aliphatic heterocycles. The van der Waals surface area contributed by atoms with Gasteiger partial charge in [0.25, 0.3) is 11.5 Å². The number of carbonyl (C=O) groups is 1. The van der Waals surface area contributed by atoms with E-state index in [0.29, 0.717) is 12.3 Å². The minimum absolute atomic E-state index is 0.0747. The van der Waals surface area contributed by atoms with Crippen molar-refractivity contribution in [1.29, 1.82) is 0 Å². The van der Waals surface area contributed by atoms with E-state index in [2.05, 4.69) is 12.2 Å². The van der Waals surface area contributed by atoms with E-state index in [1.165, 1.54) is 0 Å². The molecule has 2 bridgehead atoms. The molecular weight excluding hydrogens is 439 g/mol. The zero-order valence-corrected chi connectivity index (χ0v) is 19.2. The molecule has 3 aromatic heterocycles. The quantitative estimate of drug-likeness (QED) is 0.575. The maximum absolute atomic E-state index is 13.3. The van der Waals surface area contributed by atoms with Crippen LogP contribution in [-0.2, 0) is 10.2 Å². The fourth-order valence-electron chi connectivity index (χ4n) is 5.37. The Morgan fingerprint density at radius 1 is 1.38 bits per heavy atom. The summed E-state index contributed by atoms with van der Waals surface area (Å²) in [6.45, 7) is 3.64. The number of halogens is 1. The highest BCUT2D eigenvalue weighted by atomic mass is 19.1. The van der Waals surface area contributed by atoms with Gasteiger partial charge in [-0.1, -0.05) is 0 Å². The summed E-state index contributed by atoms with van der Waals surface area (Å²) in [7, 11) is 0. The van der Waals surface area contributed by atoms with Crippen LogP contribution >= 0.6 is 0 Å². The van der Waals surface area contributed by atoms with Crippen LogP contribution in [0, 0.1) is 0 Å². The molecule has 0 spiro atoms. The number of fused-ring (bicyclic) bond motifs is 2. The second kappa shape index (κ2) is 7.40. The number of rotatable bonds is 7. The van der Waals surface area contributed by atoms with Crippen molar-refractivity contribution in [2.24, 2.45) is 0 Å². The highest BCUT2D eigenvalue weighted by Crippen LogP contribution is 2.58. The predicted molar refractivity (Wildman–Crippen MR) is 123 cm³/mol. The first-order valence-electron chi connectivity index (χ1n) is 11.7. The van der Waals surface area contributed by atoms with Crippen LogP contribution in [0.4, 0.5) is 10.1 Å². The third-order valence-electron chi connectivity index (χ3n) is 7.17. The number of carbonyl (C=O) groups excluding carboxylic acids is 1. The summed E-state index contributed by atoms with van der Waals surface area (Å²) in [6, 6.07) is 5.19. The highest BCUT2D eigenvalue weighted by Gasteiger charge is 2.61. The second-order valence-corrected chi connectivity index (χ2v) is 10.2. The number of imidazole rings is 1. The Kier molecular flexibility index (Phi) is 4.64. The Morgan fingerprint density at radius 2 is 2.18 bits per heavy atom. The predicted octanol–water partition coefficient (Wildman–Crippen LogP) is 3.64. The minimum atomic E-state index is -0.735. The van der Waals surface area contributed by atoms with Crippen LogP contribution in [0.15, 0.2) is 41.6 Å². The molecule has 4 aliphatic rings. The number of pyridine rings is 2. The van der Waals surface area contributed by atoms with Crippen molar-refractivity contribution >= 4 is 17.2 Å². The highest BCUT2D eigenvalue weighted by molar-refractivity contribution is 6.06. The van der Waals surface area contributed by atoms with Crippen LogP contribution in [0.2, 0.25) is 0 Å². The minimum Gasteiger partial charge on any atom is -0.487 e. The normalized spacial score (nSPS) is 26.3. The van der Waals surface area contributed by atoms with Crippen molar-refractivity contribution < 1.29 is 18.7 Å². The Morgan fingerprint density at radius 3 is 2.85 bits per heavy atom. The molecule has 1 amide bonds. The lowest BCUT2D eigenvalue weighted by atomic mass is 9.62. The van der Waals surface area contributed by atoms with Gasteiger partial charge < -0.3 is 23.8 Å². The zero-order chi connectivity index (χ0) is 23.7. The van der Waals surface area contributed by atoms with Gasteiger partial charge in [0.1, 0.15) is 29.9 Å².